The number of rotatable bonds is 3. The zero-order valence-corrected chi connectivity index (χ0v) is 14.4. The SMILES string of the molecule is Cc1nn(CC(=O)N2CCCc3ccccc32)c2ccc([N+](=O)[O-])cc12. The lowest BCUT2D eigenvalue weighted by Gasteiger charge is -2.29. The fraction of sp³-hybridized carbons (Fsp3) is 0.263. The third kappa shape index (κ3) is 2.71. The second kappa shape index (κ2) is 6.25. The summed E-state index contributed by atoms with van der Waals surface area (Å²) in [6.07, 6.45) is 1.92. The topological polar surface area (TPSA) is 81.3 Å². The van der Waals surface area contributed by atoms with Crippen molar-refractivity contribution in [1.29, 1.82) is 0 Å². The van der Waals surface area contributed by atoms with Crippen molar-refractivity contribution in [3.8, 4) is 0 Å². The van der Waals surface area contributed by atoms with Gasteiger partial charge in [0.25, 0.3) is 5.69 Å². The summed E-state index contributed by atoms with van der Waals surface area (Å²) in [6.45, 7) is 2.60. The first-order chi connectivity index (χ1) is 12.5. The number of carbonyl (C=O) groups is 1. The molecule has 0 saturated carbocycles. The van der Waals surface area contributed by atoms with Crippen molar-refractivity contribution in [3.05, 3.63) is 63.8 Å². The summed E-state index contributed by atoms with van der Waals surface area (Å²) in [5, 5.41) is 16.1. The molecule has 1 aliphatic rings. The molecule has 1 aliphatic heterocycles. The van der Waals surface area contributed by atoms with Gasteiger partial charge in [0.2, 0.25) is 5.91 Å². The van der Waals surface area contributed by atoms with Gasteiger partial charge in [-0.1, -0.05) is 18.2 Å². The number of anilines is 1. The summed E-state index contributed by atoms with van der Waals surface area (Å²) in [7, 11) is 0. The molecule has 0 N–H and O–H groups in total. The van der Waals surface area contributed by atoms with E-state index in [2.05, 4.69) is 11.2 Å². The molecule has 132 valence electrons. The van der Waals surface area contributed by atoms with Crippen molar-refractivity contribution < 1.29 is 9.72 Å². The molecule has 0 saturated heterocycles. The van der Waals surface area contributed by atoms with Crippen LogP contribution in [0.5, 0.6) is 0 Å². The number of nitrogens with zero attached hydrogens (tertiary/aromatic N) is 4. The Balaban J connectivity index is 1.66. The molecule has 3 aromatic rings. The maximum atomic E-state index is 12.9. The molecule has 0 fully saturated rings. The Morgan fingerprint density at radius 1 is 1.27 bits per heavy atom. The molecule has 4 rings (SSSR count). The van der Waals surface area contributed by atoms with Gasteiger partial charge >= 0.3 is 0 Å². The van der Waals surface area contributed by atoms with Crippen LogP contribution in [-0.2, 0) is 17.8 Å². The minimum absolute atomic E-state index is 0.0245. The van der Waals surface area contributed by atoms with Crippen molar-refractivity contribution in [2.75, 3.05) is 11.4 Å². The van der Waals surface area contributed by atoms with E-state index < -0.39 is 4.92 Å². The molecule has 26 heavy (non-hydrogen) atoms. The fourth-order valence-corrected chi connectivity index (χ4v) is 3.57. The number of para-hydroxylation sites is 1. The number of amides is 1. The zero-order chi connectivity index (χ0) is 18.3. The predicted molar refractivity (Wildman–Crippen MR) is 98.2 cm³/mol. The second-order valence-electron chi connectivity index (χ2n) is 6.48. The molecule has 0 bridgehead atoms. The average Bonchev–Trinajstić information content (AvgIpc) is 2.96. The summed E-state index contributed by atoms with van der Waals surface area (Å²) in [4.78, 5) is 25.3. The molecule has 2 aromatic carbocycles. The molecule has 7 heteroatoms. The van der Waals surface area contributed by atoms with Crippen LogP contribution in [0.15, 0.2) is 42.5 Å². The highest BCUT2D eigenvalue weighted by atomic mass is 16.6. The van der Waals surface area contributed by atoms with Crippen LogP contribution in [0.1, 0.15) is 17.7 Å². The third-order valence-electron chi connectivity index (χ3n) is 4.83. The fourth-order valence-electron chi connectivity index (χ4n) is 3.57. The van der Waals surface area contributed by atoms with E-state index >= 15 is 0 Å². The maximum absolute atomic E-state index is 12.9. The van der Waals surface area contributed by atoms with Crippen molar-refractivity contribution in [3.63, 3.8) is 0 Å². The van der Waals surface area contributed by atoms with E-state index in [0.717, 1.165) is 24.0 Å². The van der Waals surface area contributed by atoms with Crippen molar-refractivity contribution in [2.24, 2.45) is 0 Å². The number of nitro groups is 1. The molecule has 1 amide bonds. The van der Waals surface area contributed by atoms with E-state index in [4.69, 9.17) is 0 Å². The standard InChI is InChI=1S/C19H18N4O3/c1-13-16-11-15(23(25)26)8-9-18(16)22(20-13)12-19(24)21-10-4-6-14-5-2-3-7-17(14)21/h2-3,5,7-9,11H,4,6,10,12H2,1H3. The van der Waals surface area contributed by atoms with E-state index in [9.17, 15) is 14.9 Å². The smallest absolute Gasteiger partial charge is 0.270 e. The second-order valence-corrected chi connectivity index (χ2v) is 6.48. The zero-order valence-electron chi connectivity index (χ0n) is 14.4. The van der Waals surface area contributed by atoms with Crippen LogP contribution >= 0.6 is 0 Å². The number of carbonyl (C=O) groups excluding carboxylic acids is 1. The summed E-state index contributed by atoms with van der Waals surface area (Å²) in [6, 6.07) is 12.6. The molecule has 0 aliphatic carbocycles. The van der Waals surface area contributed by atoms with E-state index in [1.165, 1.54) is 17.7 Å². The first-order valence-corrected chi connectivity index (χ1v) is 8.54. The van der Waals surface area contributed by atoms with E-state index in [1.54, 1.807) is 17.7 Å². The summed E-state index contributed by atoms with van der Waals surface area (Å²) < 4.78 is 1.63. The van der Waals surface area contributed by atoms with Crippen molar-refractivity contribution >= 4 is 28.2 Å². The summed E-state index contributed by atoms with van der Waals surface area (Å²) >= 11 is 0. The van der Waals surface area contributed by atoms with Crippen LogP contribution in [0.2, 0.25) is 0 Å². The van der Waals surface area contributed by atoms with Gasteiger partial charge in [-0.15, -0.1) is 0 Å². The maximum Gasteiger partial charge on any atom is 0.270 e. The number of hydrogen-bond donors (Lipinski definition) is 0. The van der Waals surface area contributed by atoms with Gasteiger partial charge in [0.15, 0.2) is 0 Å². The number of non-ortho nitro benzene ring substituents is 1. The Bertz CT molecular complexity index is 1020. The highest BCUT2D eigenvalue weighted by Gasteiger charge is 2.23. The van der Waals surface area contributed by atoms with Crippen LogP contribution in [0.25, 0.3) is 10.9 Å². The van der Waals surface area contributed by atoms with Gasteiger partial charge in [-0.25, -0.2) is 0 Å². The average molecular weight is 350 g/mol. The Morgan fingerprint density at radius 2 is 2.08 bits per heavy atom. The first kappa shape index (κ1) is 16.3. The van der Waals surface area contributed by atoms with Gasteiger partial charge in [0, 0.05) is 29.8 Å². The molecule has 2 heterocycles. The number of aromatic nitrogens is 2. The lowest BCUT2D eigenvalue weighted by molar-refractivity contribution is -0.384. The molecular weight excluding hydrogens is 332 g/mol. The van der Waals surface area contributed by atoms with E-state index in [-0.39, 0.29) is 18.1 Å². The molecule has 0 unspecified atom stereocenters. The molecular formula is C19H18N4O3. The van der Waals surface area contributed by atoms with Crippen molar-refractivity contribution in [2.45, 2.75) is 26.3 Å². The Labute approximate surface area is 150 Å². The van der Waals surface area contributed by atoms with Crippen LogP contribution in [0, 0.1) is 17.0 Å². The first-order valence-electron chi connectivity index (χ1n) is 8.54. The predicted octanol–water partition coefficient (Wildman–Crippen LogP) is 3.23. The van der Waals surface area contributed by atoms with Gasteiger partial charge in [-0.2, -0.15) is 5.10 Å². The summed E-state index contributed by atoms with van der Waals surface area (Å²) in [5.41, 5.74) is 3.58. The third-order valence-corrected chi connectivity index (χ3v) is 4.83. The van der Waals surface area contributed by atoms with E-state index in [1.807, 2.05) is 23.1 Å². The molecule has 0 radical (unpaired) electrons. The number of nitro benzene ring substituents is 1. The lowest BCUT2D eigenvalue weighted by Crippen LogP contribution is -2.37. The minimum Gasteiger partial charge on any atom is -0.311 e. The van der Waals surface area contributed by atoms with Gasteiger partial charge in [-0.05, 0) is 37.5 Å². The molecule has 7 nitrogen and oxygen atoms in total. The van der Waals surface area contributed by atoms with Gasteiger partial charge in [0.1, 0.15) is 6.54 Å². The number of aryl methyl sites for hydroxylation is 2. The Morgan fingerprint density at radius 3 is 2.88 bits per heavy atom. The van der Waals surface area contributed by atoms with Gasteiger partial charge in [-0.3, -0.25) is 19.6 Å². The number of fused-ring (bicyclic) bond motifs is 2. The monoisotopic (exact) mass is 350 g/mol. The van der Waals surface area contributed by atoms with Gasteiger partial charge in [0.05, 0.1) is 16.1 Å². The van der Waals surface area contributed by atoms with Crippen LogP contribution in [0.3, 0.4) is 0 Å². The molecule has 0 spiro atoms. The highest BCUT2D eigenvalue weighted by molar-refractivity contribution is 5.95. The normalized spacial score (nSPS) is 13.7. The van der Waals surface area contributed by atoms with Crippen LogP contribution < -0.4 is 4.90 Å². The van der Waals surface area contributed by atoms with Crippen LogP contribution in [0.4, 0.5) is 11.4 Å². The summed E-state index contributed by atoms with van der Waals surface area (Å²) in [5.74, 6) is -0.0279. The Hall–Kier alpha value is -3.22. The minimum atomic E-state index is -0.425. The number of hydrogen-bond acceptors (Lipinski definition) is 4. The van der Waals surface area contributed by atoms with Gasteiger partial charge < -0.3 is 4.90 Å². The highest BCUT2D eigenvalue weighted by Crippen LogP contribution is 2.28. The van der Waals surface area contributed by atoms with Crippen LogP contribution in [-0.4, -0.2) is 27.2 Å². The van der Waals surface area contributed by atoms with E-state index in [0.29, 0.717) is 17.6 Å². The molecule has 0 atom stereocenters. The lowest BCUT2D eigenvalue weighted by atomic mass is 10.0. The quantitative estimate of drug-likeness (QED) is 0.536. The van der Waals surface area contributed by atoms with Crippen molar-refractivity contribution in [1.82, 2.24) is 9.78 Å². The number of benzene rings is 2. The molecule has 1 aromatic heterocycles. The Kier molecular flexibility index (Phi) is 3.91. The largest absolute Gasteiger partial charge is 0.311 e.